The highest BCUT2D eigenvalue weighted by atomic mass is 35.5. The van der Waals surface area contributed by atoms with Gasteiger partial charge in [-0.25, -0.2) is 9.59 Å². The number of hydrogen-bond acceptors (Lipinski definition) is 5. The summed E-state index contributed by atoms with van der Waals surface area (Å²) in [4.78, 5) is 51.4. The number of imidazole rings is 1. The Hall–Kier alpha value is -3.05. The molecule has 10 nitrogen and oxygen atoms in total. The second kappa shape index (κ2) is 13.1. The van der Waals surface area contributed by atoms with Crippen molar-refractivity contribution in [2.75, 3.05) is 52.9 Å². The first-order valence-electron chi connectivity index (χ1n) is 15.5. The van der Waals surface area contributed by atoms with E-state index in [0.29, 0.717) is 48.4 Å². The van der Waals surface area contributed by atoms with Crippen LogP contribution in [0, 0.1) is 5.92 Å². The van der Waals surface area contributed by atoms with Crippen molar-refractivity contribution in [3.63, 3.8) is 0 Å². The molecular weight excluding hydrogens is 603 g/mol. The molecular formula is C32H40Cl2N6O4. The van der Waals surface area contributed by atoms with E-state index in [2.05, 4.69) is 21.8 Å². The summed E-state index contributed by atoms with van der Waals surface area (Å²) < 4.78 is 1.74. The molecule has 0 radical (unpaired) electrons. The van der Waals surface area contributed by atoms with Crippen molar-refractivity contribution >= 4 is 46.2 Å². The number of likely N-dealkylation sites (N-methyl/N-ethyl adjacent to an activating group) is 1. The van der Waals surface area contributed by atoms with Crippen molar-refractivity contribution in [2.24, 2.45) is 5.92 Å². The molecule has 0 saturated carbocycles. The standard InChI is InChI=1S/C32H40Cl2N6O4/c1-36-14-16-37(17-15-36)22-8-11-38(12-9-22)30(41)24(18-21-6-7-25(33)26(34)19-21)29-20-23(10-13-39(29)32(43)44)40-28-5-3-2-4-27(28)35-31(40)42/h2-7,19,22-24,29H,8-18,20H2,1H3,(H,35,42)(H,43,44)/t23?,24?,29-/m1/s1. The number of carbonyl (C=O) groups excluding carboxylic acids is 1. The highest BCUT2D eigenvalue weighted by Gasteiger charge is 2.43. The molecule has 0 spiro atoms. The van der Waals surface area contributed by atoms with Gasteiger partial charge in [-0.15, -0.1) is 0 Å². The fourth-order valence-electron chi connectivity index (χ4n) is 7.45. The molecule has 236 valence electrons. The minimum atomic E-state index is -1.06. The largest absolute Gasteiger partial charge is 0.465 e. The molecule has 3 fully saturated rings. The number of nitrogens with one attached hydrogen (secondary N) is 1. The number of aromatic nitrogens is 2. The number of benzene rings is 2. The number of piperazine rings is 1. The van der Waals surface area contributed by atoms with Crippen LogP contribution in [0.25, 0.3) is 11.0 Å². The van der Waals surface area contributed by atoms with Gasteiger partial charge in [-0.3, -0.25) is 14.3 Å². The Bertz CT molecular complexity index is 1560. The third-order valence-electron chi connectivity index (χ3n) is 9.90. The number of halogens is 2. The van der Waals surface area contributed by atoms with Crippen LogP contribution in [0.5, 0.6) is 0 Å². The van der Waals surface area contributed by atoms with E-state index in [1.807, 2.05) is 35.2 Å². The second-order valence-corrected chi connectivity index (χ2v) is 13.3. The van der Waals surface area contributed by atoms with Crippen molar-refractivity contribution < 1.29 is 14.7 Å². The smallest absolute Gasteiger partial charge is 0.407 e. The van der Waals surface area contributed by atoms with E-state index in [-0.39, 0.29) is 24.2 Å². The number of para-hydroxylation sites is 2. The van der Waals surface area contributed by atoms with Gasteiger partial charge < -0.3 is 24.8 Å². The van der Waals surface area contributed by atoms with E-state index in [1.54, 1.807) is 16.7 Å². The summed E-state index contributed by atoms with van der Waals surface area (Å²) in [6, 6.07) is 12.4. The number of aromatic amines is 1. The van der Waals surface area contributed by atoms with Crippen LogP contribution in [0.3, 0.4) is 0 Å². The molecule has 12 heteroatoms. The zero-order chi connectivity index (χ0) is 31.0. The van der Waals surface area contributed by atoms with Crippen LogP contribution in [-0.4, -0.2) is 111 Å². The molecule has 44 heavy (non-hydrogen) atoms. The number of piperidine rings is 2. The van der Waals surface area contributed by atoms with E-state index >= 15 is 0 Å². The van der Waals surface area contributed by atoms with Crippen LogP contribution in [-0.2, 0) is 11.2 Å². The number of H-pyrrole nitrogens is 1. The first-order valence-corrected chi connectivity index (χ1v) is 16.3. The van der Waals surface area contributed by atoms with Crippen molar-refractivity contribution in [1.29, 1.82) is 0 Å². The van der Waals surface area contributed by atoms with Gasteiger partial charge in [0.05, 0.1) is 27.0 Å². The molecule has 3 aliphatic rings. The van der Waals surface area contributed by atoms with Crippen LogP contribution < -0.4 is 5.69 Å². The molecule has 0 aliphatic carbocycles. The molecule has 3 aromatic rings. The van der Waals surface area contributed by atoms with Crippen molar-refractivity contribution in [1.82, 2.24) is 29.2 Å². The predicted molar refractivity (Wildman–Crippen MR) is 172 cm³/mol. The summed E-state index contributed by atoms with van der Waals surface area (Å²) in [7, 11) is 2.15. The summed E-state index contributed by atoms with van der Waals surface area (Å²) in [5.74, 6) is -0.691. The molecule has 2 aromatic carbocycles. The van der Waals surface area contributed by atoms with Gasteiger partial charge in [0, 0.05) is 63.9 Å². The van der Waals surface area contributed by atoms with Gasteiger partial charge in [0.25, 0.3) is 0 Å². The fraction of sp³-hybridized carbons (Fsp3) is 0.531. The zero-order valence-electron chi connectivity index (χ0n) is 25.0. The summed E-state index contributed by atoms with van der Waals surface area (Å²) in [5.41, 5.74) is 2.11. The lowest BCUT2D eigenvalue weighted by Crippen LogP contribution is -2.57. The predicted octanol–water partition coefficient (Wildman–Crippen LogP) is 4.42. The minimum absolute atomic E-state index is 0.0453. The van der Waals surface area contributed by atoms with Gasteiger partial charge in [0.1, 0.15) is 0 Å². The number of hydrogen-bond donors (Lipinski definition) is 2. The summed E-state index contributed by atoms with van der Waals surface area (Å²) in [6.07, 6.45) is 1.89. The van der Waals surface area contributed by atoms with Crippen LogP contribution in [0.1, 0.15) is 37.3 Å². The number of fused-ring (bicyclic) bond motifs is 1. The molecule has 3 saturated heterocycles. The molecule has 3 aliphatic heterocycles. The van der Waals surface area contributed by atoms with Gasteiger partial charge in [-0.05, 0) is 69.0 Å². The fourth-order valence-corrected chi connectivity index (χ4v) is 7.77. The topological polar surface area (TPSA) is 105 Å². The summed E-state index contributed by atoms with van der Waals surface area (Å²) >= 11 is 12.6. The maximum Gasteiger partial charge on any atom is 0.407 e. The molecule has 2 unspecified atom stereocenters. The molecule has 0 bridgehead atoms. The van der Waals surface area contributed by atoms with Gasteiger partial charge in [0.15, 0.2) is 0 Å². The normalized spacial score (nSPS) is 23.2. The first kappa shape index (κ1) is 31.0. The van der Waals surface area contributed by atoms with Crippen molar-refractivity contribution in [3.8, 4) is 0 Å². The lowest BCUT2D eigenvalue weighted by Gasteiger charge is -2.45. The molecule has 6 rings (SSSR count). The second-order valence-electron chi connectivity index (χ2n) is 12.5. The third-order valence-corrected chi connectivity index (χ3v) is 10.6. The average molecular weight is 644 g/mol. The first-order chi connectivity index (χ1) is 21.2. The van der Waals surface area contributed by atoms with Crippen LogP contribution in [0.2, 0.25) is 10.0 Å². The number of carbonyl (C=O) groups is 2. The van der Waals surface area contributed by atoms with E-state index in [9.17, 15) is 19.5 Å². The number of carboxylic acid groups (broad SMARTS) is 1. The highest BCUT2D eigenvalue weighted by Crippen LogP contribution is 2.36. The van der Waals surface area contributed by atoms with Gasteiger partial charge >= 0.3 is 11.8 Å². The number of nitrogens with zero attached hydrogens (tertiary/aromatic N) is 5. The lowest BCUT2D eigenvalue weighted by atomic mass is 9.82. The summed E-state index contributed by atoms with van der Waals surface area (Å²) in [6.45, 7) is 5.69. The van der Waals surface area contributed by atoms with Gasteiger partial charge in [-0.1, -0.05) is 41.4 Å². The molecule has 2 N–H and O–H groups in total. The average Bonchev–Trinajstić information content (AvgIpc) is 3.37. The lowest BCUT2D eigenvalue weighted by molar-refractivity contribution is -0.140. The number of rotatable bonds is 6. The Kier molecular flexibility index (Phi) is 9.23. The maximum absolute atomic E-state index is 14.5. The van der Waals surface area contributed by atoms with Crippen LogP contribution >= 0.6 is 23.2 Å². The van der Waals surface area contributed by atoms with Crippen molar-refractivity contribution in [2.45, 2.75) is 50.2 Å². The molecule has 1 aromatic heterocycles. The maximum atomic E-state index is 14.5. The zero-order valence-corrected chi connectivity index (χ0v) is 26.5. The quantitative estimate of drug-likeness (QED) is 0.413. The molecule has 2 amide bonds. The monoisotopic (exact) mass is 642 g/mol. The van der Waals surface area contributed by atoms with Crippen molar-refractivity contribution in [3.05, 3.63) is 68.6 Å². The minimum Gasteiger partial charge on any atom is -0.465 e. The highest BCUT2D eigenvalue weighted by molar-refractivity contribution is 6.42. The Morgan fingerprint density at radius 2 is 1.64 bits per heavy atom. The van der Waals surface area contributed by atoms with E-state index in [1.165, 1.54) is 4.90 Å². The molecule has 3 atom stereocenters. The Balaban J connectivity index is 1.28. The third kappa shape index (κ3) is 6.36. The Morgan fingerprint density at radius 1 is 0.932 bits per heavy atom. The van der Waals surface area contributed by atoms with E-state index < -0.39 is 18.1 Å². The van der Waals surface area contributed by atoms with Crippen LogP contribution in [0.15, 0.2) is 47.3 Å². The Labute approximate surface area is 267 Å². The van der Waals surface area contributed by atoms with Gasteiger partial charge in [0.2, 0.25) is 5.91 Å². The van der Waals surface area contributed by atoms with Crippen LogP contribution in [0.4, 0.5) is 4.79 Å². The van der Waals surface area contributed by atoms with Gasteiger partial charge in [-0.2, -0.15) is 0 Å². The van der Waals surface area contributed by atoms with E-state index in [4.69, 9.17) is 23.2 Å². The Morgan fingerprint density at radius 3 is 2.34 bits per heavy atom. The number of amides is 2. The summed E-state index contributed by atoms with van der Waals surface area (Å²) in [5, 5.41) is 11.1. The molecule has 4 heterocycles. The number of likely N-dealkylation sites (tertiary alicyclic amines) is 2. The van der Waals surface area contributed by atoms with E-state index in [0.717, 1.165) is 55.6 Å². The SMILES string of the molecule is CN1CCN(C2CCN(C(=O)C(Cc3ccc(Cl)c(Cl)c3)[C@H]3CC(n4c(=O)[nH]c5ccccc54)CCN3C(=O)O)CC2)CC1.